The number of nitrogens with two attached hydrogens (primary N) is 1. The number of carbonyl (C=O) groups is 2. The van der Waals surface area contributed by atoms with Crippen molar-refractivity contribution in [3.63, 3.8) is 0 Å². The van der Waals surface area contributed by atoms with Crippen molar-refractivity contribution in [2.24, 2.45) is 0 Å². The Morgan fingerprint density at radius 1 is 0.759 bits per heavy atom. The van der Waals surface area contributed by atoms with Crippen molar-refractivity contribution in [2.75, 3.05) is 24.6 Å². The monoisotopic (exact) mass is 726 g/mol. The number of benzene rings is 5. The number of para-hydroxylation sites is 2. The van der Waals surface area contributed by atoms with Crippen molar-refractivity contribution >= 4 is 23.2 Å². The van der Waals surface area contributed by atoms with Crippen LogP contribution in [0, 0.1) is 0 Å². The molecule has 280 valence electrons. The molecule has 1 aliphatic heterocycles. The lowest BCUT2D eigenvalue weighted by molar-refractivity contribution is -0.252. The van der Waals surface area contributed by atoms with E-state index in [4.69, 9.17) is 15.2 Å². The number of aliphatic hydroxyl groups excluding tert-OH is 1. The summed E-state index contributed by atoms with van der Waals surface area (Å²) in [6.45, 7) is 1.96. The van der Waals surface area contributed by atoms with E-state index >= 15 is 0 Å². The zero-order chi connectivity index (χ0) is 37.7. The number of hydrogen-bond acceptors (Lipinski definition) is 7. The number of ether oxygens (including phenoxy) is 2. The summed E-state index contributed by atoms with van der Waals surface area (Å²) in [6.07, 6.45) is 1.81. The number of nitrogen functional groups attached to an aromatic ring is 1. The average Bonchev–Trinajstić information content (AvgIpc) is 3.20. The Labute approximate surface area is 318 Å². The van der Waals surface area contributed by atoms with Crippen molar-refractivity contribution in [1.82, 2.24) is 10.2 Å². The van der Waals surface area contributed by atoms with Crippen LogP contribution < -0.4 is 16.4 Å². The minimum Gasteiger partial charge on any atom is -0.397 e. The first-order chi connectivity index (χ1) is 26.3. The Morgan fingerprint density at radius 2 is 1.43 bits per heavy atom. The number of aliphatic hydroxyl groups is 1. The Bertz CT molecular complexity index is 1950. The zero-order valence-corrected chi connectivity index (χ0v) is 30.8. The van der Waals surface area contributed by atoms with Crippen molar-refractivity contribution in [1.29, 1.82) is 0 Å². The van der Waals surface area contributed by atoms with Gasteiger partial charge in [0.1, 0.15) is 0 Å². The molecule has 3 atom stereocenters. The van der Waals surface area contributed by atoms with E-state index in [0.717, 1.165) is 46.5 Å². The Balaban J connectivity index is 1.05. The van der Waals surface area contributed by atoms with Gasteiger partial charge in [-0.05, 0) is 65.4 Å². The van der Waals surface area contributed by atoms with Crippen molar-refractivity contribution in [3.05, 3.63) is 155 Å². The van der Waals surface area contributed by atoms with Gasteiger partial charge in [0, 0.05) is 44.5 Å². The normalized spacial score (nSPS) is 16.9. The second-order valence-electron chi connectivity index (χ2n) is 13.9. The number of nitrogens with zero attached hydrogens (tertiary/aromatic N) is 1. The van der Waals surface area contributed by atoms with Crippen LogP contribution in [-0.2, 0) is 38.8 Å². The molecule has 0 aliphatic carbocycles. The number of anilines is 2. The molecule has 1 aliphatic rings. The first kappa shape index (κ1) is 38.4. The second kappa shape index (κ2) is 19.1. The van der Waals surface area contributed by atoms with Gasteiger partial charge >= 0.3 is 0 Å². The molecule has 1 heterocycles. The largest absolute Gasteiger partial charge is 0.397 e. The highest BCUT2D eigenvalue weighted by Crippen LogP contribution is 2.39. The van der Waals surface area contributed by atoms with Gasteiger partial charge in [-0.15, -0.1) is 0 Å². The molecule has 0 aromatic heterocycles. The summed E-state index contributed by atoms with van der Waals surface area (Å²) in [7, 11) is 2.12. The summed E-state index contributed by atoms with van der Waals surface area (Å²) in [5, 5.41) is 15.5. The number of rotatable bonds is 16. The van der Waals surface area contributed by atoms with E-state index in [1.807, 2.05) is 60.7 Å². The number of unbranched alkanes of at least 4 members (excludes halogenated alkanes) is 1. The number of carbonyl (C=O) groups excluding carboxylic acids is 2. The SMILES string of the molecule is CN(Cc1ccccc1)CC1CC(c2ccc(CO)cc2)OC(c2ccc(-c3ccccc3CNC(=O)CCCCC(=O)Nc3ccccc3N)cc2)O1. The van der Waals surface area contributed by atoms with Gasteiger partial charge < -0.3 is 30.9 Å². The lowest BCUT2D eigenvalue weighted by Crippen LogP contribution is -2.37. The maximum atomic E-state index is 12.7. The van der Waals surface area contributed by atoms with Gasteiger partial charge in [0.05, 0.1) is 30.2 Å². The van der Waals surface area contributed by atoms with Gasteiger partial charge in [-0.25, -0.2) is 0 Å². The highest BCUT2D eigenvalue weighted by molar-refractivity contribution is 5.93. The molecule has 5 N–H and O–H groups in total. The topological polar surface area (TPSA) is 126 Å². The zero-order valence-electron chi connectivity index (χ0n) is 30.8. The fraction of sp³-hybridized carbons (Fsp3) is 0.289. The molecule has 6 rings (SSSR count). The van der Waals surface area contributed by atoms with Gasteiger partial charge in [0.25, 0.3) is 0 Å². The summed E-state index contributed by atoms with van der Waals surface area (Å²) >= 11 is 0. The van der Waals surface area contributed by atoms with Crippen LogP contribution in [0.1, 0.15) is 72.3 Å². The van der Waals surface area contributed by atoms with Crippen LogP contribution in [0.15, 0.2) is 127 Å². The summed E-state index contributed by atoms with van der Waals surface area (Å²) in [4.78, 5) is 27.3. The first-order valence-electron chi connectivity index (χ1n) is 18.7. The third kappa shape index (κ3) is 10.9. The van der Waals surface area contributed by atoms with Crippen LogP contribution in [0.25, 0.3) is 11.1 Å². The quantitative estimate of drug-likeness (QED) is 0.0601. The molecule has 54 heavy (non-hydrogen) atoms. The molecule has 0 bridgehead atoms. The fourth-order valence-electron chi connectivity index (χ4n) is 6.79. The van der Waals surface area contributed by atoms with E-state index in [1.54, 1.807) is 12.1 Å². The number of likely N-dealkylation sites (N-methyl/N-ethyl adjacent to an activating group) is 1. The molecule has 0 spiro atoms. The van der Waals surface area contributed by atoms with Crippen LogP contribution in [0.5, 0.6) is 0 Å². The molecule has 1 saturated heterocycles. The minimum atomic E-state index is -0.553. The summed E-state index contributed by atoms with van der Waals surface area (Å²) in [5.74, 6) is -0.168. The molecule has 9 nitrogen and oxygen atoms in total. The third-order valence-electron chi connectivity index (χ3n) is 9.71. The lowest BCUT2D eigenvalue weighted by atomic mass is 9.97. The molecular weight excluding hydrogens is 677 g/mol. The van der Waals surface area contributed by atoms with Gasteiger partial charge in [0.2, 0.25) is 11.8 Å². The highest BCUT2D eigenvalue weighted by atomic mass is 16.7. The predicted octanol–water partition coefficient (Wildman–Crippen LogP) is 7.92. The van der Waals surface area contributed by atoms with Gasteiger partial charge in [-0.1, -0.05) is 115 Å². The predicted molar refractivity (Wildman–Crippen MR) is 213 cm³/mol. The van der Waals surface area contributed by atoms with Crippen LogP contribution in [-0.4, -0.2) is 41.5 Å². The second-order valence-corrected chi connectivity index (χ2v) is 13.9. The number of nitrogens with one attached hydrogen (secondary N) is 2. The van der Waals surface area contributed by atoms with Gasteiger partial charge in [-0.3, -0.25) is 14.5 Å². The van der Waals surface area contributed by atoms with Crippen LogP contribution in [0.2, 0.25) is 0 Å². The Kier molecular flexibility index (Phi) is 13.6. The molecule has 5 aromatic carbocycles. The maximum Gasteiger partial charge on any atom is 0.224 e. The standard InChI is InChI=1S/C45H50N4O5/c1-49(29-32-11-3-2-4-12-32)30-38-27-42(35-21-19-33(31-50)20-22-35)54-45(53-38)36-25-23-34(24-26-36)39-14-6-5-13-37(39)28-47-43(51)17-9-10-18-44(52)48-41-16-8-7-15-40(41)46/h2-8,11-16,19-26,38,42,45,50H,9-10,17-18,27-31,46H2,1H3,(H,47,51)(H,48,52). The molecule has 3 unspecified atom stereocenters. The van der Waals surface area contributed by atoms with E-state index < -0.39 is 6.29 Å². The van der Waals surface area contributed by atoms with E-state index in [2.05, 4.69) is 77.2 Å². The molecule has 0 saturated carbocycles. The van der Waals surface area contributed by atoms with Crippen molar-refractivity contribution in [3.8, 4) is 11.1 Å². The van der Waals surface area contributed by atoms with Crippen molar-refractivity contribution in [2.45, 2.75) is 70.3 Å². The van der Waals surface area contributed by atoms with Crippen LogP contribution in [0.3, 0.4) is 0 Å². The maximum absolute atomic E-state index is 12.7. The molecule has 1 fully saturated rings. The first-order valence-corrected chi connectivity index (χ1v) is 18.7. The molecule has 9 heteroatoms. The Morgan fingerprint density at radius 3 is 2.17 bits per heavy atom. The van der Waals surface area contributed by atoms with Gasteiger partial charge in [-0.2, -0.15) is 0 Å². The Hall–Kier alpha value is -5.32. The molecule has 0 radical (unpaired) electrons. The van der Waals surface area contributed by atoms with Gasteiger partial charge in [0.15, 0.2) is 6.29 Å². The van der Waals surface area contributed by atoms with E-state index in [1.165, 1.54) is 5.56 Å². The third-order valence-corrected chi connectivity index (χ3v) is 9.71. The summed E-state index contributed by atoms with van der Waals surface area (Å²) in [6, 6.07) is 41.9. The smallest absolute Gasteiger partial charge is 0.224 e. The van der Waals surface area contributed by atoms with Crippen LogP contribution in [0.4, 0.5) is 11.4 Å². The average molecular weight is 727 g/mol. The summed E-state index contributed by atoms with van der Waals surface area (Å²) < 4.78 is 13.2. The fourth-order valence-corrected chi connectivity index (χ4v) is 6.79. The summed E-state index contributed by atoms with van der Waals surface area (Å²) in [5.41, 5.74) is 14.2. The van der Waals surface area contributed by atoms with E-state index in [0.29, 0.717) is 50.0 Å². The van der Waals surface area contributed by atoms with Crippen LogP contribution >= 0.6 is 0 Å². The number of amides is 2. The minimum absolute atomic E-state index is 0.000281. The molecular formula is C45H50N4O5. The molecule has 5 aromatic rings. The van der Waals surface area contributed by atoms with Crippen molar-refractivity contribution < 1.29 is 24.2 Å². The molecule has 2 amide bonds. The van der Waals surface area contributed by atoms with E-state index in [-0.39, 0.29) is 30.6 Å². The lowest BCUT2D eigenvalue weighted by Gasteiger charge is -2.38. The number of hydrogen-bond donors (Lipinski definition) is 4. The van der Waals surface area contributed by atoms with E-state index in [9.17, 15) is 14.7 Å². The highest BCUT2D eigenvalue weighted by Gasteiger charge is 2.33.